The monoisotopic (exact) mass is 723 g/mol. The third-order valence-electron chi connectivity index (χ3n) is 10.8. The van der Waals surface area contributed by atoms with Gasteiger partial charge in [0.1, 0.15) is 16.8 Å². The summed E-state index contributed by atoms with van der Waals surface area (Å²) >= 11 is 1.81. The molecular weight excluding hydrogens is 695 g/mol. The van der Waals surface area contributed by atoms with E-state index in [0.717, 1.165) is 72.2 Å². The summed E-state index contributed by atoms with van der Waals surface area (Å²) in [5, 5.41) is 6.80. The van der Waals surface area contributed by atoms with E-state index in [4.69, 9.17) is 13.8 Å². The number of thiophene rings is 1. The summed E-state index contributed by atoms with van der Waals surface area (Å²) in [5.74, 6) is 0.565. The highest BCUT2D eigenvalue weighted by atomic mass is 32.1. The Morgan fingerprint density at radius 3 is 2.09 bits per heavy atom. The quantitative estimate of drug-likeness (QED) is 0.177. The zero-order valence-corrected chi connectivity index (χ0v) is 30.1. The van der Waals surface area contributed by atoms with Crippen LogP contribution in [0.5, 0.6) is 0 Å². The summed E-state index contributed by atoms with van der Waals surface area (Å²) in [7, 11) is 0. The number of oxazole rings is 1. The Morgan fingerprint density at radius 1 is 0.509 bits per heavy atom. The third kappa shape index (κ3) is 4.49. The molecule has 0 N–H and O–H groups in total. The summed E-state index contributed by atoms with van der Waals surface area (Å²) in [6.07, 6.45) is 0. The van der Waals surface area contributed by atoms with E-state index in [1.54, 1.807) is 0 Å². The van der Waals surface area contributed by atoms with Crippen LogP contribution in [0.3, 0.4) is 0 Å². The van der Waals surface area contributed by atoms with Crippen molar-refractivity contribution in [1.82, 2.24) is 9.55 Å². The predicted molar refractivity (Wildman–Crippen MR) is 229 cm³/mol. The summed E-state index contributed by atoms with van der Waals surface area (Å²) in [6.45, 7) is 0. The molecule has 5 nitrogen and oxygen atoms in total. The number of hydrogen-bond acceptors (Lipinski definition) is 5. The van der Waals surface area contributed by atoms with Crippen molar-refractivity contribution in [2.45, 2.75) is 0 Å². The van der Waals surface area contributed by atoms with Gasteiger partial charge in [-0.05, 0) is 72.8 Å². The maximum absolute atomic E-state index is 6.90. The molecule has 0 amide bonds. The fourth-order valence-corrected chi connectivity index (χ4v) is 9.59. The average Bonchev–Trinajstić information content (AvgIpc) is 4.02. The van der Waals surface area contributed by atoms with Gasteiger partial charge in [-0.1, -0.05) is 103 Å². The van der Waals surface area contributed by atoms with Gasteiger partial charge in [-0.15, -0.1) is 11.3 Å². The number of benzene rings is 8. The first-order valence-electron chi connectivity index (χ1n) is 18.4. The van der Waals surface area contributed by atoms with E-state index >= 15 is 0 Å². The van der Waals surface area contributed by atoms with Crippen LogP contribution in [0.25, 0.3) is 92.2 Å². The summed E-state index contributed by atoms with van der Waals surface area (Å²) < 4.78 is 18.4. The number of anilines is 3. The van der Waals surface area contributed by atoms with E-state index in [2.05, 4.69) is 143 Å². The van der Waals surface area contributed by atoms with Crippen LogP contribution in [-0.2, 0) is 0 Å². The highest BCUT2D eigenvalue weighted by molar-refractivity contribution is 7.26. The van der Waals surface area contributed by atoms with Crippen molar-refractivity contribution >= 4 is 103 Å². The van der Waals surface area contributed by atoms with Gasteiger partial charge in [0.2, 0.25) is 5.89 Å². The lowest BCUT2D eigenvalue weighted by atomic mass is 10.1. The summed E-state index contributed by atoms with van der Waals surface area (Å²) in [5.41, 5.74) is 10.2. The minimum atomic E-state index is 0.565. The van der Waals surface area contributed by atoms with Gasteiger partial charge >= 0.3 is 0 Å². The maximum Gasteiger partial charge on any atom is 0.227 e. The lowest BCUT2D eigenvalue weighted by molar-refractivity contribution is 0.620. The van der Waals surface area contributed by atoms with Gasteiger partial charge in [-0.2, -0.15) is 0 Å². The first-order chi connectivity index (χ1) is 27.3. The fraction of sp³-hybridized carbons (Fsp3) is 0. The standard InChI is InChI=1S/C49H29N3O2S/c1-3-14-30(15-4-1)49-50-45-43(54-49)29-38-34-19-8-11-24-42(34)53-47(38)46(45)52(41-23-13-21-36-35-20-9-12-25-44(35)55-48(36)41)32-26-27-40-37(28-32)33-18-7-10-22-39(33)51(40)31-16-5-2-6-17-31/h1-29H. The molecule has 0 atom stereocenters. The first kappa shape index (κ1) is 30.3. The van der Waals surface area contributed by atoms with E-state index in [9.17, 15) is 0 Å². The maximum atomic E-state index is 6.90. The van der Waals surface area contributed by atoms with Crippen molar-refractivity contribution in [3.8, 4) is 17.1 Å². The lowest BCUT2D eigenvalue weighted by Crippen LogP contribution is -2.11. The van der Waals surface area contributed by atoms with Gasteiger partial charge in [0, 0.05) is 54.0 Å². The zero-order chi connectivity index (χ0) is 36.0. The molecule has 0 saturated carbocycles. The number of aromatic nitrogens is 2. The smallest absolute Gasteiger partial charge is 0.227 e. The van der Waals surface area contributed by atoms with E-state index in [1.165, 1.54) is 25.6 Å². The molecule has 0 aliphatic rings. The molecule has 0 bridgehead atoms. The SMILES string of the molecule is c1ccc(-c2nc3c(N(c4ccc5c(c4)c4ccccc4n5-c4ccccc4)c4cccc5c4sc4ccccc45)c4oc5ccccc5c4cc3o2)cc1. The number of nitrogens with zero attached hydrogens (tertiary/aromatic N) is 3. The van der Waals surface area contributed by atoms with Gasteiger partial charge < -0.3 is 18.3 Å². The van der Waals surface area contributed by atoms with E-state index in [0.29, 0.717) is 11.5 Å². The molecule has 0 fully saturated rings. The van der Waals surface area contributed by atoms with Gasteiger partial charge in [0.15, 0.2) is 11.2 Å². The van der Waals surface area contributed by atoms with Gasteiger partial charge in [-0.3, -0.25) is 0 Å². The highest BCUT2D eigenvalue weighted by Crippen LogP contribution is 2.51. The zero-order valence-electron chi connectivity index (χ0n) is 29.3. The number of para-hydroxylation sites is 3. The molecule has 12 rings (SSSR count). The van der Waals surface area contributed by atoms with Crippen molar-refractivity contribution in [1.29, 1.82) is 0 Å². The van der Waals surface area contributed by atoms with Crippen LogP contribution in [0, 0.1) is 0 Å². The van der Waals surface area contributed by atoms with Crippen LogP contribution in [0.15, 0.2) is 185 Å². The van der Waals surface area contributed by atoms with Crippen LogP contribution in [-0.4, -0.2) is 9.55 Å². The van der Waals surface area contributed by atoms with Crippen molar-refractivity contribution in [3.63, 3.8) is 0 Å². The molecule has 4 heterocycles. The second-order valence-corrected chi connectivity index (χ2v) is 15.0. The predicted octanol–water partition coefficient (Wildman–Crippen LogP) is 14.3. The molecule has 4 aromatic heterocycles. The normalized spacial score (nSPS) is 12.0. The van der Waals surface area contributed by atoms with Gasteiger partial charge in [0.25, 0.3) is 0 Å². The third-order valence-corrected chi connectivity index (χ3v) is 12.0. The van der Waals surface area contributed by atoms with Crippen molar-refractivity contribution < 1.29 is 8.83 Å². The fourth-order valence-electron chi connectivity index (χ4n) is 8.39. The molecule has 0 aliphatic carbocycles. The second-order valence-electron chi connectivity index (χ2n) is 13.9. The number of rotatable bonds is 5. The lowest BCUT2D eigenvalue weighted by Gasteiger charge is -2.26. The molecule has 12 aromatic rings. The van der Waals surface area contributed by atoms with Crippen molar-refractivity contribution in [3.05, 3.63) is 176 Å². The topological polar surface area (TPSA) is 47.3 Å². The highest BCUT2D eigenvalue weighted by Gasteiger charge is 2.28. The van der Waals surface area contributed by atoms with Crippen LogP contribution in [0.2, 0.25) is 0 Å². The molecule has 0 saturated heterocycles. The molecule has 0 aliphatic heterocycles. The Balaban J connectivity index is 1.23. The van der Waals surface area contributed by atoms with Crippen molar-refractivity contribution in [2.24, 2.45) is 0 Å². The number of fused-ring (bicyclic) bond motifs is 10. The molecular formula is C49H29N3O2S. The summed E-state index contributed by atoms with van der Waals surface area (Å²) in [4.78, 5) is 7.64. The molecule has 0 spiro atoms. The molecule has 6 heteroatoms. The Morgan fingerprint density at radius 2 is 1.22 bits per heavy atom. The summed E-state index contributed by atoms with van der Waals surface area (Å²) in [6, 6.07) is 61.8. The minimum Gasteiger partial charge on any atom is -0.454 e. The van der Waals surface area contributed by atoms with Gasteiger partial charge in [-0.25, -0.2) is 4.98 Å². The molecule has 55 heavy (non-hydrogen) atoms. The van der Waals surface area contributed by atoms with Crippen LogP contribution < -0.4 is 4.90 Å². The molecule has 0 radical (unpaired) electrons. The average molecular weight is 724 g/mol. The van der Waals surface area contributed by atoms with E-state index in [-0.39, 0.29) is 0 Å². The Bertz CT molecular complexity index is 3450. The Labute approximate surface area is 318 Å². The van der Waals surface area contributed by atoms with Gasteiger partial charge in [0.05, 0.1) is 21.4 Å². The van der Waals surface area contributed by atoms with Crippen LogP contribution >= 0.6 is 11.3 Å². The molecule has 8 aromatic carbocycles. The second kappa shape index (κ2) is 11.7. The molecule has 0 unspecified atom stereocenters. The van der Waals surface area contributed by atoms with E-state index in [1.807, 2.05) is 53.8 Å². The Hall–Kier alpha value is -7.15. The number of furan rings is 1. The number of hydrogen-bond donors (Lipinski definition) is 0. The van der Waals surface area contributed by atoms with Crippen LogP contribution in [0.1, 0.15) is 0 Å². The van der Waals surface area contributed by atoms with E-state index < -0.39 is 0 Å². The largest absolute Gasteiger partial charge is 0.454 e. The Kier molecular flexibility index (Phi) is 6.44. The molecule has 258 valence electrons. The minimum absolute atomic E-state index is 0.565. The van der Waals surface area contributed by atoms with Crippen LogP contribution in [0.4, 0.5) is 17.1 Å². The first-order valence-corrected chi connectivity index (χ1v) is 19.2. The van der Waals surface area contributed by atoms with Crippen molar-refractivity contribution in [2.75, 3.05) is 4.90 Å².